The largest absolute Gasteiger partial charge is 0.493 e. The average molecular weight is 320 g/mol. The highest BCUT2D eigenvalue weighted by atomic mass is 32.1. The summed E-state index contributed by atoms with van der Waals surface area (Å²) in [5.74, 6) is 1.19. The molecule has 22 heavy (non-hydrogen) atoms. The van der Waals surface area contributed by atoms with Gasteiger partial charge in [-0.15, -0.1) is 0 Å². The highest BCUT2D eigenvalue weighted by molar-refractivity contribution is 7.80. The number of carbonyl (C=O) groups is 1. The molecule has 0 saturated carbocycles. The van der Waals surface area contributed by atoms with E-state index in [1.165, 1.54) is 0 Å². The van der Waals surface area contributed by atoms with E-state index >= 15 is 0 Å². The first kappa shape index (κ1) is 16.3. The molecule has 1 aliphatic rings. The second-order valence-electron chi connectivity index (χ2n) is 5.01. The zero-order chi connectivity index (χ0) is 16.3. The molecule has 5 nitrogen and oxygen atoms in total. The fourth-order valence-corrected chi connectivity index (χ4v) is 2.59. The minimum absolute atomic E-state index is 0.0963. The number of rotatable bonds is 5. The van der Waals surface area contributed by atoms with E-state index in [1.807, 2.05) is 26.0 Å². The average Bonchev–Trinajstić information content (AvgIpc) is 2.76. The van der Waals surface area contributed by atoms with Gasteiger partial charge in [0.25, 0.3) is 5.91 Å². The van der Waals surface area contributed by atoms with Crippen LogP contribution < -0.4 is 14.8 Å². The van der Waals surface area contributed by atoms with E-state index in [4.69, 9.17) is 21.7 Å². The number of hydrogen-bond acceptors (Lipinski definition) is 4. The van der Waals surface area contributed by atoms with Gasteiger partial charge < -0.3 is 14.8 Å². The molecule has 0 aliphatic carbocycles. The fraction of sp³-hybridized carbons (Fsp3) is 0.375. The Hall–Kier alpha value is -2.08. The molecule has 1 aliphatic heterocycles. The van der Waals surface area contributed by atoms with Crippen LogP contribution in [0.2, 0.25) is 0 Å². The molecule has 0 atom stereocenters. The van der Waals surface area contributed by atoms with E-state index in [1.54, 1.807) is 25.2 Å². The molecule has 1 aromatic rings. The number of ether oxygens (including phenoxy) is 2. The molecule has 0 spiro atoms. The van der Waals surface area contributed by atoms with E-state index in [2.05, 4.69) is 5.32 Å². The van der Waals surface area contributed by atoms with Crippen molar-refractivity contribution in [1.82, 2.24) is 10.2 Å². The lowest BCUT2D eigenvalue weighted by atomic mass is 10.1. The van der Waals surface area contributed by atoms with Crippen LogP contribution in [0.25, 0.3) is 6.08 Å². The molecular formula is C16H20N2O3S. The second-order valence-corrected chi connectivity index (χ2v) is 5.40. The van der Waals surface area contributed by atoms with Crippen molar-refractivity contribution in [3.8, 4) is 11.5 Å². The minimum atomic E-state index is -0.0963. The molecule has 0 bridgehead atoms. The first-order valence-corrected chi connectivity index (χ1v) is 7.49. The number of thiocarbonyl (C=S) groups is 1. The Morgan fingerprint density at radius 2 is 1.91 bits per heavy atom. The molecule has 0 radical (unpaired) electrons. The molecule has 2 rings (SSSR count). The van der Waals surface area contributed by atoms with Crippen LogP contribution in [0, 0.1) is 6.92 Å². The van der Waals surface area contributed by atoms with Gasteiger partial charge in [-0.3, -0.25) is 9.69 Å². The molecule has 1 fully saturated rings. The Bertz CT molecular complexity index is 641. The Morgan fingerprint density at radius 3 is 2.50 bits per heavy atom. The quantitative estimate of drug-likeness (QED) is 0.667. The van der Waals surface area contributed by atoms with Crippen molar-refractivity contribution in [1.29, 1.82) is 0 Å². The predicted octanol–water partition coefficient (Wildman–Crippen LogP) is 2.48. The molecular weight excluding hydrogens is 300 g/mol. The number of methoxy groups -OCH3 is 2. The van der Waals surface area contributed by atoms with E-state index in [-0.39, 0.29) is 5.91 Å². The molecule has 1 amide bonds. The van der Waals surface area contributed by atoms with Crippen molar-refractivity contribution in [2.45, 2.75) is 20.3 Å². The number of amides is 1. The van der Waals surface area contributed by atoms with Gasteiger partial charge in [0.1, 0.15) is 5.70 Å². The van der Waals surface area contributed by atoms with Crippen molar-refractivity contribution in [2.75, 3.05) is 20.8 Å². The third-order valence-electron chi connectivity index (χ3n) is 3.48. The summed E-state index contributed by atoms with van der Waals surface area (Å²) in [6, 6.07) is 3.73. The third kappa shape index (κ3) is 3.06. The van der Waals surface area contributed by atoms with Crippen molar-refractivity contribution >= 4 is 29.3 Å². The van der Waals surface area contributed by atoms with E-state index < -0.39 is 0 Å². The third-order valence-corrected chi connectivity index (χ3v) is 3.80. The summed E-state index contributed by atoms with van der Waals surface area (Å²) in [5.41, 5.74) is 2.35. The van der Waals surface area contributed by atoms with Crippen LogP contribution in [0.15, 0.2) is 17.8 Å². The molecule has 1 N–H and O–H groups in total. The maximum Gasteiger partial charge on any atom is 0.276 e. The molecule has 1 saturated heterocycles. The van der Waals surface area contributed by atoms with Crippen LogP contribution in [0.3, 0.4) is 0 Å². The van der Waals surface area contributed by atoms with Gasteiger partial charge in [-0.25, -0.2) is 0 Å². The monoisotopic (exact) mass is 320 g/mol. The van der Waals surface area contributed by atoms with E-state index in [0.29, 0.717) is 28.9 Å². The van der Waals surface area contributed by atoms with Crippen LogP contribution >= 0.6 is 12.2 Å². The van der Waals surface area contributed by atoms with Crippen LogP contribution in [0.1, 0.15) is 24.5 Å². The van der Waals surface area contributed by atoms with Gasteiger partial charge in [0, 0.05) is 6.54 Å². The minimum Gasteiger partial charge on any atom is -0.493 e. The molecule has 1 aromatic carbocycles. The summed E-state index contributed by atoms with van der Waals surface area (Å²) >= 11 is 5.21. The number of benzene rings is 1. The summed E-state index contributed by atoms with van der Waals surface area (Å²) in [4.78, 5) is 13.9. The number of nitrogens with zero attached hydrogens (tertiary/aromatic N) is 1. The van der Waals surface area contributed by atoms with Crippen molar-refractivity contribution < 1.29 is 14.3 Å². The summed E-state index contributed by atoms with van der Waals surface area (Å²) in [7, 11) is 3.18. The van der Waals surface area contributed by atoms with Crippen LogP contribution in [-0.2, 0) is 4.79 Å². The van der Waals surface area contributed by atoms with Crippen LogP contribution in [0.5, 0.6) is 11.5 Å². The lowest BCUT2D eigenvalue weighted by Gasteiger charge is -2.12. The van der Waals surface area contributed by atoms with Gasteiger partial charge in [0.2, 0.25) is 0 Å². The maximum absolute atomic E-state index is 12.4. The van der Waals surface area contributed by atoms with Gasteiger partial charge in [0.05, 0.1) is 14.2 Å². The highest BCUT2D eigenvalue weighted by Crippen LogP contribution is 2.31. The van der Waals surface area contributed by atoms with Gasteiger partial charge in [-0.2, -0.15) is 0 Å². The Balaban J connectivity index is 2.37. The van der Waals surface area contributed by atoms with E-state index in [0.717, 1.165) is 17.5 Å². The summed E-state index contributed by atoms with van der Waals surface area (Å²) in [5, 5.41) is 3.43. The SMILES string of the molecule is CCCN1C(=O)C(=Cc2cc(OC)c(OC)cc2C)NC1=S. The topological polar surface area (TPSA) is 50.8 Å². The standard InChI is InChI=1S/C16H20N2O3S/c1-5-6-18-15(19)12(17-16(18)22)8-11-9-14(21-4)13(20-3)7-10(11)2/h7-9H,5-6H2,1-4H3,(H,17,22). The molecule has 0 aromatic heterocycles. The zero-order valence-corrected chi connectivity index (χ0v) is 14.0. The summed E-state index contributed by atoms with van der Waals surface area (Å²) < 4.78 is 10.6. The van der Waals surface area contributed by atoms with Gasteiger partial charge >= 0.3 is 0 Å². The van der Waals surface area contributed by atoms with Crippen molar-refractivity contribution in [3.63, 3.8) is 0 Å². The molecule has 1 heterocycles. The Kier molecular flexibility index (Phi) is 5.03. The number of hydrogen-bond donors (Lipinski definition) is 1. The van der Waals surface area contributed by atoms with Crippen LogP contribution in [0.4, 0.5) is 0 Å². The molecule has 118 valence electrons. The second kappa shape index (κ2) is 6.79. The normalized spacial score (nSPS) is 16.2. The summed E-state index contributed by atoms with van der Waals surface area (Å²) in [6.45, 7) is 4.58. The van der Waals surface area contributed by atoms with Gasteiger partial charge in [0.15, 0.2) is 16.6 Å². The van der Waals surface area contributed by atoms with Gasteiger partial charge in [-0.1, -0.05) is 6.92 Å². The van der Waals surface area contributed by atoms with Crippen LogP contribution in [-0.4, -0.2) is 36.7 Å². The lowest BCUT2D eigenvalue weighted by Crippen LogP contribution is -2.31. The first-order chi connectivity index (χ1) is 10.5. The summed E-state index contributed by atoms with van der Waals surface area (Å²) in [6.07, 6.45) is 2.65. The first-order valence-electron chi connectivity index (χ1n) is 7.09. The zero-order valence-electron chi connectivity index (χ0n) is 13.2. The highest BCUT2D eigenvalue weighted by Gasteiger charge is 2.29. The van der Waals surface area contributed by atoms with Gasteiger partial charge in [-0.05, 0) is 54.9 Å². The predicted molar refractivity (Wildman–Crippen MR) is 90.0 cm³/mol. The fourth-order valence-electron chi connectivity index (χ4n) is 2.31. The van der Waals surface area contributed by atoms with E-state index in [9.17, 15) is 4.79 Å². The number of carbonyl (C=O) groups excluding carboxylic acids is 1. The maximum atomic E-state index is 12.4. The molecule has 6 heteroatoms. The Labute approximate surface area is 135 Å². The smallest absolute Gasteiger partial charge is 0.276 e. The number of nitrogens with one attached hydrogen (secondary N) is 1. The van der Waals surface area contributed by atoms with Crippen molar-refractivity contribution in [2.24, 2.45) is 0 Å². The molecule has 0 unspecified atom stereocenters. The Morgan fingerprint density at radius 1 is 1.27 bits per heavy atom. The number of aryl methyl sites for hydroxylation is 1. The lowest BCUT2D eigenvalue weighted by molar-refractivity contribution is -0.122. The van der Waals surface area contributed by atoms with Crippen molar-refractivity contribution in [3.05, 3.63) is 29.0 Å².